The summed E-state index contributed by atoms with van der Waals surface area (Å²) < 4.78 is 6.14. The number of hydrogen-bond acceptors (Lipinski definition) is 3. The van der Waals surface area contributed by atoms with Crippen molar-refractivity contribution in [2.24, 2.45) is 0 Å². The van der Waals surface area contributed by atoms with Crippen LogP contribution in [0, 0.1) is 0 Å². The van der Waals surface area contributed by atoms with Crippen LogP contribution in [0.1, 0.15) is 26.3 Å². The fraction of sp³-hybridized carbons (Fsp3) is 0.0638. The van der Waals surface area contributed by atoms with Crippen LogP contribution in [0.3, 0.4) is 0 Å². The topological polar surface area (TPSA) is 55.4 Å². The molecular formula is C47H39NO3P2. The van der Waals surface area contributed by atoms with Gasteiger partial charge in [-0.05, 0) is 71.8 Å². The molecule has 0 aliphatic carbocycles. The molecule has 0 aliphatic rings. The summed E-state index contributed by atoms with van der Waals surface area (Å²) in [5.74, 6) is -0.613. The third kappa shape index (κ3) is 8.87. The lowest BCUT2D eigenvalue weighted by molar-refractivity contribution is 0.0458. The van der Waals surface area contributed by atoms with Gasteiger partial charge in [-0.3, -0.25) is 4.79 Å². The molecule has 260 valence electrons. The maximum Gasteiger partial charge on any atom is 0.338 e. The largest absolute Gasteiger partial charge is 0.460 e. The molecule has 0 aromatic heterocycles. The molecule has 0 saturated carbocycles. The highest BCUT2D eigenvalue weighted by Crippen LogP contribution is 2.35. The summed E-state index contributed by atoms with van der Waals surface area (Å²) >= 11 is 0. The number of carbonyl (C=O) groups is 2. The van der Waals surface area contributed by atoms with Crippen molar-refractivity contribution >= 4 is 59.5 Å². The molecule has 1 amide bonds. The summed E-state index contributed by atoms with van der Waals surface area (Å²) in [6.07, 6.45) is 0.497. The van der Waals surface area contributed by atoms with Crippen LogP contribution >= 0.6 is 15.8 Å². The van der Waals surface area contributed by atoms with Gasteiger partial charge >= 0.3 is 5.97 Å². The molecule has 1 atom stereocenters. The van der Waals surface area contributed by atoms with Crippen LogP contribution in [0.25, 0.3) is 0 Å². The van der Waals surface area contributed by atoms with Crippen LogP contribution in [-0.4, -0.2) is 24.5 Å². The number of ether oxygens (including phenoxy) is 1. The summed E-state index contributed by atoms with van der Waals surface area (Å²) in [5, 5.41) is 9.79. The molecule has 4 nitrogen and oxygen atoms in total. The zero-order valence-electron chi connectivity index (χ0n) is 29.2. The predicted molar refractivity (Wildman–Crippen MR) is 222 cm³/mol. The van der Waals surface area contributed by atoms with Crippen LogP contribution in [0.4, 0.5) is 0 Å². The van der Waals surface area contributed by atoms with Crippen LogP contribution in [0.5, 0.6) is 0 Å². The van der Waals surface area contributed by atoms with Gasteiger partial charge in [0, 0.05) is 5.56 Å². The van der Waals surface area contributed by atoms with E-state index < -0.39 is 27.9 Å². The van der Waals surface area contributed by atoms with Gasteiger partial charge in [0.15, 0.2) is 0 Å². The smallest absolute Gasteiger partial charge is 0.338 e. The van der Waals surface area contributed by atoms with Gasteiger partial charge < -0.3 is 10.1 Å². The molecule has 0 spiro atoms. The Morgan fingerprint density at radius 1 is 0.453 bits per heavy atom. The minimum Gasteiger partial charge on any atom is -0.460 e. The Kier molecular flexibility index (Phi) is 11.9. The third-order valence-electron chi connectivity index (χ3n) is 8.89. The SMILES string of the molecule is O=C(N[C@H](COC(=O)c1ccccc1P(c1ccccc1)c1ccccc1)Cc1ccccc1)c1ccccc1P(c1ccccc1)c1ccccc1. The van der Waals surface area contributed by atoms with Crippen LogP contribution < -0.4 is 37.1 Å². The number of hydrogen-bond donors (Lipinski definition) is 1. The first-order valence-electron chi connectivity index (χ1n) is 17.7. The molecule has 7 rings (SSSR count). The quantitative estimate of drug-likeness (QED) is 0.0996. The van der Waals surface area contributed by atoms with Crippen LogP contribution in [-0.2, 0) is 11.2 Å². The van der Waals surface area contributed by atoms with Gasteiger partial charge in [-0.25, -0.2) is 4.79 Å². The molecule has 0 saturated heterocycles. The number of rotatable bonds is 13. The molecule has 0 aliphatic heterocycles. The first-order valence-corrected chi connectivity index (χ1v) is 20.3. The number of esters is 1. The highest BCUT2D eigenvalue weighted by molar-refractivity contribution is 7.80. The van der Waals surface area contributed by atoms with E-state index in [2.05, 4.69) is 59.9 Å². The van der Waals surface area contributed by atoms with Crippen molar-refractivity contribution in [2.75, 3.05) is 6.61 Å². The number of benzene rings is 7. The van der Waals surface area contributed by atoms with Gasteiger partial charge in [0.05, 0.1) is 11.6 Å². The van der Waals surface area contributed by atoms with Crippen LogP contribution in [0.15, 0.2) is 200 Å². The average molecular weight is 728 g/mol. The first-order chi connectivity index (χ1) is 26.2. The van der Waals surface area contributed by atoms with Crippen molar-refractivity contribution < 1.29 is 14.3 Å². The second kappa shape index (κ2) is 17.7. The van der Waals surface area contributed by atoms with Gasteiger partial charge in [0.25, 0.3) is 5.91 Å². The molecule has 0 bridgehead atoms. The van der Waals surface area contributed by atoms with Gasteiger partial charge in [-0.1, -0.05) is 188 Å². The average Bonchev–Trinajstić information content (AvgIpc) is 3.22. The summed E-state index contributed by atoms with van der Waals surface area (Å²) in [6.45, 7) is 0.0106. The van der Waals surface area contributed by atoms with E-state index in [9.17, 15) is 9.59 Å². The molecule has 0 unspecified atom stereocenters. The molecular weight excluding hydrogens is 688 g/mol. The Morgan fingerprint density at radius 2 is 0.811 bits per heavy atom. The lowest BCUT2D eigenvalue weighted by Crippen LogP contribution is -2.42. The normalized spacial score (nSPS) is 11.6. The molecule has 6 heteroatoms. The van der Waals surface area contributed by atoms with Gasteiger partial charge in [-0.2, -0.15) is 0 Å². The number of nitrogens with one attached hydrogen (secondary N) is 1. The van der Waals surface area contributed by atoms with E-state index in [1.165, 1.54) is 0 Å². The fourth-order valence-corrected chi connectivity index (χ4v) is 11.3. The van der Waals surface area contributed by atoms with Crippen molar-refractivity contribution in [2.45, 2.75) is 12.5 Å². The highest BCUT2D eigenvalue weighted by Gasteiger charge is 2.26. The lowest BCUT2D eigenvalue weighted by Gasteiger charge is -2.24. The third-order valence-corrected chi connectivity index (χ3v) is 13.9. The first kappa shape index (κ1) is 35.7. The minimum absolute atomic E-state index is 0.0106. The van der Waals surface area contributed by atoms with E-state index in [0.29, 0.717) is 17.5 Å². The molecule has 0 radical (unpaired) electrons. The Morgan fingerprint density at radius 3 is 1.26 bits per heavy atom. The maximum atomic E-state index is 14.4. The summed E-state index contributed by atoms with van der Waals surface area (Å²) in [7, 11) is -2.04. The summed E-state index contributed by atoms with van der Waals surface area (Å²) in [4.78, 5) is 28.4. The van der Waals surface area contributed by atoms with Crippen molar-refractivity contribution in [3.05, 3.63) is 217 Å². The van der Waals surface area contributed by atoms with E-state index in [4.69, 9.17) is 4.74 Å². The molecule has 0 heterocycles. The van der Waals surface area contributed by atoms with Crippen molar-refractivity contribution in [1.82, 2.24) is 5.32 Å². The Balaban J connectivity index is 1.17. The summed E-state index contributed by atoms with van der Waals surface area (Å²) in [5.41, 5.74) is 2.17. The fourth-order valence-electron chi connectivity index (χ4n) is 6.43. The molecule has 7 aromatic rings. The van der Waals surface area contributed by atoms with Crippen molar-refractivity contribution in [3.63, 3.8) is 0 Å². The van der Waals surface area contributed by atoms with Gasteiger partial charge in [0.2, 0.25) is 0 Å². The molecule has 53 heavy (non-hydrogen) atoms. The van der Waals surface area contributed by atoms with E-state index in [-0.39, 0.29) is 12.5 Å². The van der Waals surface area contributed by atoms with E-state index in [1.54, 1.807) is 0 Å². The molecule has 7 aromatic carbocycles. The summed E-state index contributed by atoms with van der Waals surface area (Å²) in [6, 6.07) is 66.4. The zero-order chi connectivity index (χ0) is 36.2. The van der Waals surface area contributed by atoms with Crippen LogP contribution in [0.2, 0.25) is 0 Å². The minimum atomic E-state index is -1.03. The Bertz CT molecular complexity index is 2160. The maximum absolute atomic E-state index is 14.4. The van der Waals surface area contributed by atoms with Gasteiger partial charge in [0.1, 0.15) is 6.61 Å². The monoisotopic (exact) mass is 727 g/mol. The number of amides is 1. The van der Waals surface area contributed by atoms with Crippen molar-refractivity contribution in [1.29, 1.82) is 0 Å². The molecule has 0 fully saturated rings. The second-order valence-corrected chi connectivity index (χ2v) is 16.9. The lowest BCUT2D eigenvalue weighted by atomic mass is 10.1. The predicted octanol–water partition coefficient (Wildman–Crippen LogP) is 7.40. The Labute approximate surface area is 314 Å². The van der Waals surface area contributed by atoms with E-state index in [0.717, 1.165) is 37.4 Å². The van der Waals surface area contributed by atoms with Gasteiger partial charge in [-0.15, -0.1) is 0 Å². The molecule has 1 N–H and O–H groups in total. The standard InChI is InChI=1S/C47H39NO3P2/c49-46(42-30-16-18-32-44(42)52(38-22-8-2-9-23-38)39-24-10-3-11-25-39)48-37(34-36-20-6-1-7-21-36)35-51-47(50)43-31-17-19-33-45(43)53(40-26-12-4-13-27-40)41-28-14-5-15-29-41/h1-33,37H,34-35H2,(H,48,49)/t37-/m0/s1. The van der Waals surface area contributed by atoms with Crippen molar-refractivity contribution in [3.8, 4) is 0 Å². The Hall–Kier alpha value is -5.66. The number of carbonyl (C=O) groups excluding carboxylic acids is 2. The second-order valence-electron chi connectivity index (χ2n) is 12.5. The van der Waals surface area contributed by atoms with E-state index in [1.807, 2.05) is 146 Å². The zero-order valence-corrected chi connectivity index (χ0v) is 31.0. The highest BCUT2D eigenvalue weighted by atomic mass is 31.1. The van der Waals surface area contributed by atoms with E-state index >= 15 is 0 Å².